The average Bonchev–Trinajstić information content (AvgIpc) is 2.16. The van der Waals surface area contributed by atoms with Crippen LogP contribution in [0.15, 0.2) is 12.1 Å². The van der Waals surface area contributed by atoms with Crippen molar-refractivity contribution in [1.29, 1.82) is 0 Å². The molecule has 1 aromatic rings. The molecule has 0 amide bonds. The number of rotatable bonds is 3. The molecular formula is C9H11ClFNO2. The van der Waals surface area contributed by atoms with Crippen LogP contribution < -0.4 is 10.5 Å². The highest BCUT2D eigenvalue weighted by Gasteiger charge is 2.13. The first-order valence-electron chi connectivity index (χ1n) is 3.99. The van der Waals surface area contributed by atoms with Crippen LogP contribution in [0.25, 0.3) is 0 Å². The molecule has 1 rings (SSSR count). The minimum atomic E-state index is -0.632. The summed E-state index contributed by atoms with van der Waals surface area (Å²) in [6.45, 7) is -0.262. The maximum Gasteiger partial charge on any atom is 0.173 e. The average molecular weight is 220 g/mol. The largest absolute Gasteiger partial charge is 0.492 e. The Kier molecular flexibility index (Phi) is 3.69. The Morgan fingerprint density at radius 1 is 1.64 bits per heavy atom. The van der Waals surface area contributed by atoms with E-state index in [1.54, 1.807) is 0 Å². The molecule has 14 heavy (non-hydrogen) atoms. The zero-order valence-corrected chi connectivity index (χ0v) is 8.38. The molecule has 1 aromatic carbocycles. The van der Waals surface area contributed by atoms with Gasteiger partial charge in [0, 0.05) is 0 Å². The highest BCUT2D eigenvalue weighted by Crippen LogP contribution is 2.30. The number of aliphatic hydroxyl groups is 1. The molecule has 0 aliphatic rings. The van der Waals surface area contributed by atoms with Crippen LogP contribution in [0.2, 0.25) is 5.02 Å². The molecule has 0 aliphatic carbocycles. The molecule has 0 spiro atoms. The predicted molar refractivity (Wildman–Crippen MR) is 52.0 cm³/mol. The lowest BCUT2D eigenvalue weighted by Crippen LogP contribution is -2.14. The van der Waals surface area contributed by atoms with Crippen molar-refractivity contribution in [2.24, 2.45) is 5.73 Å². The summed E-state index contributed by atoms with van der Waals surface area (Å²) in [5.74, 6) is -0.598. The fraction of sp³-hybridized carbons (Fsp3) is 0.333. The number of hydrogen-bond donors (Lipinski definition) is 2. The van der Waals surface area contributed by atoms with Crippen LogP contribution in [-0.4, -0.2) is 18.8 Å². The van der Waals surface area contributed by atoms with Gasteiger partial charge in [-0.05, 0) is 17.7 Å². The van der Waals surface area contributed by atoms with Crippen LogP contribution in [0.1, 0.15) is 11.6 Å². The quantitative estimate of drug-likeness (QED) is 0.810. The van der Waals surface area contributed by atoms with Crippen LogP contribution in [0.4, 0.5) is 4.39 Å². The molecule has 0 aromatic heterocycles. The predicted octanol–water partition coefficient (Wildman–Crippen LogP) is 1.48. The van der Waals surface area contributed by atoms with Crippen LogP contribution in [0.3, 0.4) is 0 Å². The van der Waals surface area contributed by atoms with E-state index in [2.05, 4.69) is 0 Å². The van der Waals surface area contributed by atoms with Crippen LogP contribution in [-0.2, 0) is 0 Å². The number of methoxy groups -OCH3 is 1. The topological polar surface area (TPSA) is 55.5 Å². The van der Waals surface area contributed by atoms with Crippen molar-refractivity contribution in [3.63, 3.8) is 0 Å². The highest BCUT2D eigenvalue weighted by atomic mass is 35.5. The van der Waals surface area contributed by atoms with Crippen molar-refractivity contribution >= 4 is 11.6 Å². The van der Waals surface area contributed by atoms with E-state index in [4.69, 9.17) is 27.2 Å². The van der Waals surface area contributed by atoms with Gasteiger partial charge in [-0.1, -0.05) is 11.6 Å². The summed E-state index contributed by atoms with van der Waals surface area (Å²) in [6.07, 6.45) is 0. The lowest BCUT2D eigenvalue weighted by atomic mass is 10.1. The standard InChI is InChI=1S/C9H11ClFNO2/c1-14-9-6(10)2-5(3-7(9)11)8(12)4-13/h2-3,8,13H,4,12H2,1H3/t8-/m0/s1. The zero-order valence-electron chi connectivity index (χ0n) is 7.63. The lowest BCUT2D eigenvalue weighted by Gasteiger charge is -2.11. The van der Waals surface area contributed by atoms with E-state index in [1.165, 1.54) is 19.2 Å². The van der Waals surface area contributed by atoms with Crippen molar-refractivity contribution in [2.75, 3.05) is 13.7 Å². The lowest BCUT2D eigenvalue weighted by molar-refractivity contribution is 0.267. The van der Waals surface area contributed by atoms with E-state index in [9.17, 15) is 4.39 Å². The van der Waals surface area contributed by atoms with Gasteiger partial charge < -0.3 is 15.6 Å². The molecule has 0 bridgehead atoms. The van der Waals surface area contributed by atoms with Gasteiger partial charge in [0.2, 0.25) is 0 Å². The van der Waals surface area contributed by atoms with E-state index < -0.39 is 11.9 Å². The van der Waals surface area contributed by atoms with Crippen molar-refractivity contribution in [3.8, 4) is 5.75 Å². The number of nitrogens with two attached hydrogens (primary N) is 1. The summed E-state index contributed by atoms with van der Waals surface area (Å²) in [7, 11) is 1.33. The van der Waals surface area contributed by atoms with Crippen molar-refractivity contribution in [1.82, 2.24) is 0 Å². The maximum absolute atomic E-state index is 13.3. The molecule has 0 saturated carbocycles. The van der Waals surface area contributed by atoms with E-state index in [1.807, 2.05) is 0 Å². The molecule has 5 heteroatoms. The van der Waals surface area contributed by atoms with E-state index in [-0.39, 0.29) is 17.4 Å². The summed E-state index contributed by atoms with van der Waals surface area (Å²) >= 11 is 5.73. The van der Waals surface area contributed by atoms with Gasteiger partial charge in [-0.15, -0.1) is 0 Å². The molecule has 0 radical (unpaired) electrons. The molecule has 0 heterocycles. The SMILES string of the molecule is COc1c(F)cc([C@@H](N)CO)cc1Cl. The maximum atomic E-state index is 13.3. The van der Waals surface area contributed by atoms with Crippen molar-refractivity contribution < 1.29 is 14.2 Å². The first kappa shape index (κ1) is 11.2. The molecule has 1 atom stereocenters. The summed E-state index contributed by atoms with van der Waals surface area (Å²) in [4.78, 5) is 0. The van der Waals surface area contributed by atoms with Gasteiger partial charge in [0.25, 0.3) is 0 Å². The van der Waals surface area contributed by atoms with Gasteiger partial charge in [0.15, 0.2) is 11.6 Å². The fourth-order valence-electron chi connectivity index (χ4n) is 1.09. The van der Waals surface area contributed by atoms with E-state index in [0.717, 1.165) is 0 Å². The Bertz CT molecular complexity index is 310. The fourth-order valence-corrected chi connectivity index (χ4v) is 1.39. The summed E-state index contributed by atoms with van der Waals surface area (Å²) in [6, 6.07) is 2.04. The van der Waals surface area contributed by atoms with Gasteiger partial charge in [-0.2, -0.15) is 0 Å². The first-order valence-corrected chi connectivity index (χ1v) is 4.37. The minimum absolute atomic E-state index is 0.0134. The second-order valence-corrected chi connectivity index (χ2v) is 3.21. The Balaban J connectivity index is 3.13. The van der Waals surface area contributed by atoms with Gasteiger partial charge in [0.05, 0.1) is 24.8 Å². The van der Waals surface area contributed by atoms with Gasteiger partial charge in [-0.25, -0.2) is 4.39 Å². The molecule has 3 nitrogen and oxygen atoms in total. The molecule has 0 saturated heterocycles. The van der Waals surface area contributed by atoms with Crippen LogP contribution in [0, 0.1) is 5.82 Å². The van der Waals surface area contributed by atoms with Gasteiger partial charge >= 0.3 is 0 Å². The second kappa shape index (κ2) is 4.59. The highest BCUT2D eigenvalue weighted by molar-refractivity contribution is 6.32. The Hall–Kier alpha value is -0.840. The minimum Gasteiger partial charge on any atom is -0.492 e. The number of aliphatic hydroxyl groups excluding tert-OH is 1. The Labute approximate surface area is 86.2 Å². The Morgan fingerprint density at radius 2 is 2.29 bits per heavy atom. The smallest absolute Gasteiger partial charge is 0.173 e. The number of ether oxygens (including phenoxy) is 1. The van der Waals surface area contributed by atoms with Crippen LogP contribution >= 0.6 is 11.6 Å². The summed E-state index contributed by atoms with van der Waals surface area (Å²) < 4.78 is 18.0. The number of benzene rings is 1. The first-order chi connectivity index (χ1) is 6.60. The van der Waals surface area contributed by atoms with Crippen molar-refractivity contribution in [3.05, 3.63) is 28.5 Å². The summed E-state index contributed by atoms with van der Waals surface area (Å²) in [5, 5.41) is 8.92. The molecule has 0 unspecified atom stereocenters. The van der Waals surface area contributed by atoms with E-state index in [0.29, 0.717) is 5.56 Å². The third-order valence-electron chi connectivity index (χ3n) is 1.85. The zero-order chi connectivity index (χ0) is 10.7. The monoisotopic (exact) mass is 219 g/mol. The number of halogens is 2. The number of hydrogen-bond acceptors (Lipinski definition) is 3. The molecular weight excluding hydrogens is 209 g/mol. The molecule has 0 aliphatic heterocycles. The molecule has 3 N–H and O–H groups in total. The van der Waals surface area contributed by atoms with E-state index >= 15 is 0 Å². The van der Waals surface area contributed by atoms with Gasteiger partial charge in [0.1, 0.15) is 0 Å². The van der Waals surface area contributed by atoms with Crippen molar-refractivity contribution in [2.45, 2.75) is 6.04 Å². The third kappa shape index (κ3) is 2.15. The normalized spacial score (nSPS) is 12.6. The second-order valence-electron chi connectivity index (χ2n) is 2.81. The molecule has 0 fully saturated rings. The summed E-state index contributed by atoms with van der Waals surface area (Å²) in [5.41, 5.74) is 5.95. The van der Waals surface area contributed by atoms with Crippen LogP contribution in [0.5, 0.6) is 5.75 Å². The van der Waals surface area contributed by atoms with Gasteiger partial charge in [-0.3, -0.25) is 0 Å². The third-order valence-corrected chi connectivity index (χ3v) is 2.13. The Morgan fingerprint density at radius 3 is 2.71 bits per heavy atom. The molecule has 78 valence electrons.